The molecule has 3 nitrogen and oxygen atoms in total. The van der Waals surface area contributed by atoms with Crippen LogP contribution in [0, 0.1) is 13.8 Å². The summed E-state index contributed by atoms with van der Waals surface area (Å²) in [4.78, 5) is 11.1. The minimum Gasteiger partial charge on any atom is -0.450 e. The van der Waals surface area contributed by atoms with Gasteiger partial charge in [0.2, 0.25) is 0 Å². The molecule has 1 rings (SSSR count). The maximum atomic E-state index is 11.1. The van der Waals surface area contributed by atoms with E-state index in [0.717, 1.165) is 5.56 Å². The summed E-state index contributed by atoms with van der Waals surface area (Å²) in [5, 5.41) is 2.71. The molecule has 0 atom stereocenters. The zero-order chi connectivity index (χ0) is 11.3. The lowest BCUT2D eigenvalue weighted by Crippen LogP contribution is -2.24. The van der Waals surface area contributed by atoms with E-state index in [2.05, 4.69) is 25.2 Å². The van der Waals surface area contributed by atoms with E-state index in [4.69, 9.17) is 4.74 Å². The topological polar surface area (TPSA) is 38.3 Å². The second-order valence-electron chi connectivity index (χ2n) is 3.43. The summed E-state index contributed by atoms with van der Waals surface area (Å²) in [6, 6.07) is 6.06. The number of nitrogens with one attached hydrogen (secondary N) is 1. The van der Waals surface area contributed by atoms with Gasteiger partial charge in [-0.25, -0.2) is 4.79 Å². The molecule has 0 aliphatic carbocycles. The Morgan fingerprint density at radius 1 is 1.40 bits per heavy atom. The van der Waals surface area contributed by atoms with Crippen LogP contribution in [0.15, 0.2) is 18.2 Å². The number of alkyl carbamates (subject to hydrolysis) is 1. The Morgan fingerprint density at radius 3 is 2.80 bits per heavy atom. The predicted molar refractivity (Wildman–Crippen MR) is 59.8 cm³/mol. The second-order valence-corrected chi connectivity index (χ2v) is 3.43. The molecule has 0 spiro atoms. The Balaban J connectivity index is 2.58. The van der Waals surface area contributed by atoms with E-state index in [1.165, 1.54) is 11.1 Å². The highest BCUT2D eigenvalue weighted by Crippen LogP contribution is 2.12. The van der Waals surface area contributed by atoms with Crippen LogP contribution in [0.3, 0.4) is 0 Å². The van der Waals surface area contributed by atoms with Gasteiger partial charge < -0.3 is 10.1 Å². The minimum absolute atomic E-state index is 0.363. The van der Waals surface area contributed by atoms with Crippen LogP contribution in [0.4, 0.5) is 4.79 Å². The highest BCUT2D eigenvalue weighted by molar-refractivity contribution is 5.67. The quantitative estimate of drug-likeness (QED) is 0.827. The molecule has 3 heteroatoms. The Hall–Kier alpha value is -1.51. The van der Waals surface area contributed by atoms with Gasteiger partial charge in [-0.05, 0) is 37.5 Å². The number of rotatable bonds is 3. The zero-order valence-corrected chi connectivity index (χ0v) is 9.46. The first-order valence-electron chi connectivity index (χ1n) is 5.11. The van der Waals surface area contributed by atoms with Gasteiger partial charge in [0.25, 0.3) is 0 Å². The Bertz CT molecular complexity index is 347. The van der Waals surface area contributed by atoms with Gasteiger partial charge in [-0.3, -0.25) is 0 Å². The third-order valence-corrected chi connectivity index (χ3v) is 2.42. The van der Waals surface area contributed by atoms with E-state index < -0.39 is 0 Å². The molecular formula is C12H17NO2. The van der Waals surface area contributed by atoms with Crippen molar-refractivity contribution < 1.29 is 9.53 Å². The van der Waals surface area contributed by atoms with Gasteiger partial charge in [-0.1, -0.05) is 18.2 Å². The molecule has 1 N–H and O–H groups in total. The molecule has 0 aliphatic heterocycles. The van der Waals surface area contributed by atoms with Crippen molar-refractivity contribution in [1.82, 2.24) is 5.32 Å². The van der Waals surface area contributed by atoms with Crippen LogP contribution in [0.2, 0.25) is 0 Å². The van der Waals surface area contributed by atoms with Crippen LogP contribution in [0.1, 0.15) is 23.6 Å². The van der Waals surface area contributed by atoms with Crippen LogP contribution in [0.25, 0.3) is 0 Å². The lowest BCUT2D eigenvalue weighted by molar-refractivity contribution is 0.151. The summed E-state index contributed by atoms with van der Waals surface area (Å²) in [5.74, 6) is 0. The SMILES string of the molecule is CCOC(=O)NCc1cccc(C)c1C. The smallest absolute Gasteiger partial charge is 0.407 e. The van der Waals surface area contributed by atoms with Crippen molar-refractivity contribution in [3.63, 3.8) is 0 Å². The van der Waals surface area contributed by atoms with Crippen LogP contribution >= 0.6 is 0 Å². The molecule has 0 saturated heterocycles. The van der Waals surface area contributed by atoms with Crippen LogP contribution < -0.4 is 5.32 Å². The first-order chi connectivity index (χ1) is 7.15. The molecule has 0 unspecified atom stereocenters. The largest absolute Gasteiger partial charge is 0.450 e. The number of aryl methyl sites for hydroxylation is 1. The second kappa shape index (κ2) is 5.39. The Labute approximate surface area is 90.4 Å². The number of hydrogen-bond acceptors (Lipinski definition) is 2. The Morgan fingerprint density at radius 2 is 2.13 bits per heavy atom. The molecule has 1 aromatic carbocycles. The molecule has 0 aliphatic rings. The number of carbonyl (C=O) groups excluding carboxylic acids is 1. The fourth-order valence-corrected chi connectivity index (χ4v) is 1.35. The van der Waals surface area contributed by atoms with Crippen LogP contribution in [-0.2, 0) is 11.3 Å². The molecule has 15 heavy (non-hydrogen) atoms. The fraction of sp³-hybridized carbons (Fsp3) is 0.417. The normalized spacial score (nSPS) is 9.80. The molecule has 0 saturated carbocycles. The van der Waals surface area contributed by atoms with Crippen LogP contribution in [0.5, 0.6) is 0 Å². The summed E-state index contributed by atoms with van der Waals surface area (Å²) >= 11 is 0. The third-order valence-electron chi connectivity index (χ3n) is 2.42. The average Bonchev–Trinajstić information content (AvgIpc) is 2.21. The molecule has 1 amide bonds. The predicted octanol–water partition coefficient (Wildman–Crippen LogP) is 2.55. The molecule has 0 aromatic heterocycles. The van der Waals surface area contributed by atoms with Crippen molar-refractivity contribution in [3.8, 4) is 0 Å². The number of carbonyl (C=O) groups is 1. The van der Waals surface area contributed by atoms with E-state index in [9.17, 15) is 4.79 Å². The maximum absolute atomic E-state index is 11.1. The molecule has 0 radical (unpaired) electrons. The maximum Gasteiger partial charge on any atom is 0.407 e. The van der Waals surface area contributed by atoms with Crippen LogP contribution in [-0.4, -0.2) is 12.7 Å². The van der Waals surface area contributed by atoms with Gasteiger partial charge in [-0.15, -0.1) is 0 Å². The van der Waals surface area contributed by atoms with E-state index in [-0.39, 0.29) is 6.09 Å². The molecule has 0 heterocycles. The van der Waals surface area contributed by atoms with Crippen molar-refractivity contribution in [2.45, 2.75) is 27.3 Å². The van der Waals surface area contributed by atoms with Gasteiger partial charge in [-0.2, -0.15) is 0 Å². The first kappa shape index (κ1) is 11.6. The van der Waals surface area contributed by atoms with Crippen molar-refractivity contribution in [2.24, 2.45) is 0 Å². The summed E-state index contributed by atoms with van der Waals surface area (Å²) < 4.78 is 4.78. The standard InChI is InChI=1S/C12H17NO2/c1-4-15-12(14)13-8-11-7-5-6-9(2)10(11)3/h5-7H,4,8H2,1-3H3,(H,13,14). The fourth-order valence-electron chi connectivity index (χ4n) is 1.35. The third kappa shape index (κ3) is 3.27. The van der Waals surface area contributed by atoms with Gasteiger partial charge in [0.15, 0.2) is 0 Å². The van der Waals surface area contributed by atoms with E-state index in [0.29, 0.717) is 13.2 Å². The van der Waals surface area contributed by atoms with E-state index >= 15 is 0 Å². The molecule has 1 aromatic rings. The molecule has 0 fully saturated rings. The number of amides is 1. The first-order valence-corrected chi connectivity index (χ1v) is 5.11. The van der Waals surface area contributed by atoms with Crippen molar-refractivity contribution in [2.75, 3.05) is 6.61 Å². The number of ether oxygens (including phenoxy) is 1. The molecule has 0 bridgehead atoms. The number of hydrogen-bond donors (Lipinski definition) is 1. The lowest BCUT2D eigenvalue weighted by Gasteiger charge is -2.09. The van der Waals surface area contributed by atoms with Crippen molar-refractivity contribution in [1.29, 1.82) is 0 Å². The molecular weight excluding hydrogens is 190 g/mol. The Kier molecular flexibility index (Phi) is 4.16. The number of benzene rings is 1. The van der Waals surface area contributed by atoms with Gasteiger partial charge >= 0.3 is 6.09 Å². The van der Waals surface area contributed by atoms with Gasteiger partial charge in [0.1, 0.15) is 0 Å². The summed E-state index contributed by atoms with van der Waals surface area (Å²) in [6.07, 6.45) is -0.363. The molecule has 82 valence electrons. The summed E-state index contributed by atoms with van der Waals surface area (Å²) in [6.45, 7) is 6.82. The van der Waals surface area contributed by atoms with E-state index in [1.807, 2.05) is 12.1 Å². The highest BCUT2D eigenvalue weighted by atomic mass is 16.5. The highest BCUT2D eigenvalue weighted by Gasteiger charge is 2.03. The van der Waals surface area contributed by atoms with Gasteiger partial charge in [0, 0.05) is 6.54 Å². The van der Waals surface area contributed by atoms with Gasteiger partial charge in [0.05, 0.1) is 6.61 Å². The minimum atomic E-state index is -0.363. The summed E-state index contributed by atoms with van der Waals surface area (Å²) in [5.41, 5.74) is 3.58. The van der Waals surface area contributed by atoms with E-state index in [1.54, 1.807) is 6.92 Å². The average molecular weight is 207 g/mol. The monoisotopic (exact) mass is 207 g/mol. The zero-order valence-electron chi connectivity index (χ0n) is 9.46. The van der Waals surface area contributed by atoms with Crippen molar-refractivity contribution >= 4 is 6.09 Å². The lowest BCUT2D eigenvalue weighted by atomic mass is 10.0. The summed E-state index contributed by atoms with van der Waals surface area (Å²) in [7, 11) is 0. The van der Waals surface area contributed by atoms with Crippen molar-refractivity contribution in [3.05, 3.63) is 34.9 Å².